The molecule has 1 aliphatic carbocycles. The zero-order valence-electron chi connectivity index (χ0n) is 11.0. The Balaban J connectivity index is 1.93. The highest BCUT2D eigenvalue weighted by molar-refractivity contribution is 5.85. The summed E-state index contributed by atoms with van der Waals surface area (Å²) in [7, 11) is 0. The van der Waals surface area contributed by atoms with Gasteiger partial charge in [-0.15, -0.1) is 0 Å². The van der Waals surface area contributed by atoms with Crippen LogP contribution in [0.25, 0.3) is 22.3 Å². The smallest absolute Gasteiger partial charge is 0.115 e. The van der Waals surface area contributed by atoms with Crippen LogP contribution in [0, 0.1) is 0 Å². The molecule has 1 aliphatic rings. The van der Waals surface area contributed by atoms with Gasteiger partial charge in [0, 0.05) is 0 Å². The van der Waals surface area contributed by atoms with Gasteiger partial charge in [-0.25, -0.2) is 0 Å². The topological polar surface area (TPSA) is 20.2 Å². The Bertz CT molecular complexity index is 788. The predicted octanol–water partition coefficient (Wildman–Crippen LogP) is 4.63. The summed E-state index contributed by atoms with van der Waals surface area (Å²) in [5.41, 5.74) is 7.65. The van der Waals surface area contributed by atoms with Crippen molar-refractivity contribution in [1.29, 1.82) is 0 Å². The van der Waals surface area contributed by atoms with Crippen LogP contribution < -0.4 is 0 Å². The lowest BCUT2D eigenvalue weighted by atomic mass is 9.96. The highest BCUT2D eigenvalue weighted by atomic mass is 16.3. The monoisotopic (exact) mass is 258 g/mol. The average Bonchev–Trinajstić information content (AvgIpc) is 2.85. The van der Waals surface area contributed by atoms with E-state index in [1.807, 2.05) is 18.2 Å². The molecular formula is C19H14O. The Labute approximate surface area is 118 Å². The molecule has 0 spiro atoms. The first-order chi connectivity index (χ1) is 9.83. The molecule has 0 bridgehead atoms. The number of phenols is 1. The van der Waals surface area contributed by atoms with Crippen molar-refractivity contribution in [2.75, 3.05) is 0 Å². The second-order valence-corrected chi connectivity index (χ2v) is 5.22. The molecule has 4 rings (SSSR count). The Morgan fingerprint density at radius 1 is 0.700 bits per heavy atom. The summed E-state index contributed by atoms with van der Waals surface area (Å²) < 4.78 is 0. The molecule has 96 valence electrons. The number of benzene rings is 3. The standard InChI is InChI=1S/C19H14O/c20-15-9-10-17-14(11-15)12-19-16(7-4-8-18(17)19)13-5-2-1-3-6-13/h1-11,20H,12H2. The quantitative estimate of drug-likeness (QED) is 0.527. The first kappa shape index (κ1) is 11.3. The van der Waals surface area contributed by atoms with Gasteiger partial charge < -0.3 is 5.11 Å². The summed E-state index contributed by atoms with van der Waals surface area (Å²) in [6.45, 7) is 0. The number of hydrogen-bond donors (Lipinski definition) is 1. The van der Waals surface area contributed by atoms with Crippen molar-refractivity contribution in [1.82, 2.24) is 0 Å². The van der Waals surface area contributed by atoms with E-state index in [1.54, 1.807) is 6.07 Å². The zero-order chi connectivity index (χ0) is 13.5. The highest BCUT2D eigenvalue weighted by Gasteiger charge is 2.21. The Kier molecular flexibility index (Phi) is 2.40. The molecule has 0 aromatic heterocycles. The normalized spacial score (nSPS) is 12.0. The molecular weight excluding hydrogens is 244 g/mol. The van der Waals surface area contributed by atoms with Crippen molar-refractivity contribution in [2.24, 2.45) is 0 Å². The molecule has 0 aliphatic heterocycles. The lowest BCUT2D eigenvalue weighted by Crippen LogP contribution is -1.87. The third kappa shape index (κ3) is 1.64. The fraction of sp³-hybridized carbons (Fsp3) is 0.0526. The molecule has 20 heavy (non-hydrogen) atoms. The van der Waals surface area contributed by atoms with Gasteiger partial charge in [0.25, 0.3) is 0 Å². The first-order valence-corrected chi connectivity index (χ1v) is 6.82. The van der Waals surface area contributed by atoms with Gasteiger partial charge in [0.1, 0.15) is 5.75 Å². The van der Waals surface area contributed by atoms with Crippen LogP contribution in [0.2, 0.25) is 0 Å². The molecule has 3 aromatic rings. The van der Waals surface area contributed by atoms with Gasteiger partial charge in [0.15, 0.2) is 0 Å². The fourth-order valence-corrected chi connectivity index (χ4v) is 3.10. The van der Waals surface area contributed by atoms with E-state index < -0.39 is 0 Å². The minimum absolute atomic E-state index is 0.345. The summed E-state index contributed by atoms with van der Waals surface area (Å²) in [4.78, 5) is 0. The number of hydrogen-bond acceptors (Lipinski definition) is 1. The summed E-state index contributed by atoms with van der Waals surface area (Å²) in [5.74, 6) is 0.345. The van der Waals surface area contributed by atoms with Crippen molar-refractivity contribution in [3.8, 4) is 28.0 Å². The second kappa shape index (κ2) is 4.24. The van der Waals surface area contributed by atoms with Gasteiger partial charge in [-0.3, -0.25) is 0 Å². The second-order valence-electron chi connectivity index (χ2n) is 5.22. The predicted molar refractivity (Wildman–Crippen MR) is 81.8 cm³/mol. The molecule has 1 heteroatoms. The molecule has 0 saturated heterocycles. The summed E-state index contributed by atoms with van der Waals surface area (Å²) in [5, 5.41) is 9.66. The largest absolute Gasteiger partial charge is 0.508 e. The summed E-state index contributed by atoms with van der Waals surface area (Å²) in [6, 6.07) is 22.6. The van der Waals surface area contributed by atoms with E-state index in [1.165, 1.54) is 33.4 Å². The van der Waals surface area contributed by atoms with Gasteiger partial charge in [-0.2, -0.15) is 0 Å². The van der Waals surface area contributed by atoms with Gasteiger partial charge in [-0.1, -0.05) is 54.6 Å². The lowest BCUT2D eigenvalue weighted by Gasteiger charge is -2.08. The van der Waals surface area contributed by atoms with E-state index >= 15 is 0 Å². The SMILES string of the molecule is Oc1ccc2c(c1)Cc1c(-c3ccccc3)cccc1-2. The van der Waals surface area contributed by atoms with Crippen LogP contribution in [0.15, 0.2) is 66.7 Å². The number of fused-ring (bicyclic) bond motifs is 3. The van der Waals surface area contributed by atoms with E-state index in [9.17, 15) is 5.11 Å². The Morgan fingerprint density at radius 3 is 2.35 bits per heavy atom. The molecule has 0 amide bonds. The van der Waals surface area contributed by atoms with E-state index in [-0.39, 0.29) is 0 Å². The molecule has 3 aromatic carbocycles. The maximum atomic E-state index is 9.66. The maximum Gasteiger partial charge on any atom is 0.115 e. The first-order valence-electron chi connectivity index (χ1n) is 6.82. The fourth-order valence-electron chi connectivity index (χ4n) is 3.10. The van der Waals surface area contributed by atoms with Crippen molar-refractivity contribution in [2.45, 2.75) is 6.42 Å². The molecule has 1 nitrogen and oxygen atoms in total. The third-order valence-corrected chi connectivity index (χ3v) is 4.01. The number of phenolic OH excluding ortho intramolecular Hbond substituents is 1. The van der Waals surface area contributed by atoms with Gasteiger partial charge >= 0.3 is 0 Å². The van der Waals surface area contributed by atoms with Crippen molar-refractivity contribution in [3.05, 3.63) is 77.9 Å². The van der Waals surface area contributed by atoms with Crippen LogP contribution in [-0.2, 0) is 6.42 Å². The van der Waals surface area contributed by atoms with Gasteiger partial charge in [-0.05, 0) is 51.9 Å². The minimum atomic E-state index is 0.345. The van der Waals surface area contributed by atoms with Crippen LogP contribution in [0.3, 0.4) is 0 Å². The summed E-state index contributed by atoms with van der Waals surface area (Å²) in [6.07, 6.45) is 0.893. The molecule has 0 fully saturated rings. The van der Waals surface area contributed by atoms with Crippen LogP contribution in [-0.4, -0.2) is 5.11 Å². The van der Waals surface area contributed by atoms with Gasteiger partial charge in [0.2, 0.25) is 0 Å². The minimum Gasteiger partial charge on any atom is -0.508 e. The highest BCUT2D eigenvalue weighted by Crippen LogP contribution is 2.42. The number of aromatic hydroxyl groups is 1. The van der Waals surface area contributed by atoms with E-state index in [4.69, 9.17) is 0 Å². The van der Waals surface area contributed by atoms with Crippen LogP contribution in [0.1, 0.15) is 11.1 Å². The summed E-state index contributed by atoms with van der Waals surface area (Å²) >= 11 is 0. The molecule has 0 saturated carbocycles. The van der Waals surface area contributed by atoms with E-state index in [0.29, 0.717) is 5.75 Å². The van der Waals surface area contributed by atoms with Crippen molar-refractivity contribution >= 4 is 0 Å². The molecule has 1 N–H and O–H groups in total. The van der Waals surface area contributed by atoms with E-state index in [0.717, 1.165) is 6.42 Å². The maximum absolute atomic E-state index is 9.66. The molecule has 0 atom stereocenters. The van der Waals surface area contributed by atoms with Crippen LogP contribution in [0.5, 0.6) is 5.75 Å². The van der Waals surface area contributed by atoms with Crippen molar-refractivity contribution in [3.63, 3.8) is 0 Å². The average molecular weight is 258 g/mol. The van der Waals surface area contributed by atoms with Crippen LogP contribution >= 0.6 is 0 Å². The Hall–Kier alpha value is -2.54. The van der Waals surface area contributed by atoms with Crippen LogP contribution in [0.4, 0.5) is 0 Å². The van der Waals surface area contributed by atoms with E-state index in [2.05, 4.69) is 42.5 Å². The third-order valence-electron chi connectivity index (χ3n) is 4.01. The zero-order valence-corrected chi connectivity index (χ0v) is 11.0. The number of rotatable bonds is 1. The van der Waals surface area contributed by atoms with Crippen molar-refractivity contribution < 1.29 is 5.11 Å². The Morgan fingerprint density at radius 2 is 1.50 bits per heavy atom. The van der Waals surface area contributed by atoms with Gasteiger partial charge in [0.05, 0.1) is 0 Å². The molecule has 0 unspecified atom stereocenters. The molecule has 0 heterocycles. The lowest BCUT2D eigenvalue weighted by molar-refractivity contribution is 0.475. The molecule has 0 radical (unpaired) electrons.